The third-order valence-corrected chi connectivity index (χ3v) is 6.84. The summed E-state index contributed by atoms with van der Waals surface area (Å²) in [6.45, 7) is 2.95. The fourth-order valence-corrected chi connectivity index (χ4v) is 5.27. The van der Waals surface area contributed by atoms with Gasteiger partial charge in [0.25, 0.3) is 11.8 Å². The van der Waals surface area contributed by atoms with Crippen molar-refractivity contribution in [1.82, 2.24) is 9.80 Å². The summed E-state index contributed by atoms with van der Waals surface area (Å²) in [7, 11) is 0. The number of benzene rings is 2. The molecule has 1 fully saturated rings. The molecule has 5 rings (SSSR count). The fourth-order valence-electron chi connectivity index (χ4n) is 5.27. The molecule has 0 aromatic heterocycles. The zero-order chi connectivity index (χ0) is 21.4. The van der Waals surface area contributed by atoms with Gasteiger partial charge in [0.1, 0.15) is 0 Å². The molecule has 0 atom stereocenters. The van der Waals surface area contributed by atoms with Crippen molar-refractivity contribution in [3.05, 3.63) is 94.3 Å². The van der Waals surface area contributed by atoms with Crippen LogP contribution in [0.25, 0.3) is 0 Å². The van der Waals surface area contributed by atoms with E-state index in [0.29, 0.717) is 24.2 Å². The van der Waals surface area contributed by atoms with E-state index >= 15 is 0 Å². The Hall–Kier alpha value is -3.14. The van der Waals surface area contributed by atoms with E-state index in [4.69, 9.17) is 0 Å². The smallest absolute Gasteiger partial charge is 0.261 e. The molecule has 0 radical (unpaired) electrons. The summed E-state index contributed by atoms with van der Waals surface area (Å²) in [6, 6.07) is 20.1. The van der Waals surface area contributed by atoms with Crippen LogP contribution < -0.4 is 0 Å². The highest BCUT2D eigenvalue weighted by molar-refractivity contribution is 6.19. The molecule has 0 unspecified atom stereocenters. The second kappa shape index (κ2) is 8.18. The summed E-state index contributed by atoms with van der Waals surface area (Å²) in [6.07, 6.45) is 5.66. The lowest BCUT2D eigenvalue weighted by molar-refractivity contribution is -0.125. The molecule has 2 aliphatic heterocycles. The highest BCUT2D eigenvalue weighted by atomic mass is 16.2. The van der Waals surface area contributed by atoms with E-state index in [9.17, 15) is 9.59 Å². The van der Waals surface area contributed by atoms with E-state index in [-0.39, 0.29) is 17.7 Å². The largest absolute Gasteiger partial charge is 0.307 e. The van der Waals surface area contributed by atoms with E-state index in [1.807, 2.05) is 60.4 Å². The average Bonchev–Trinajstić information content (AvgIpc) is 3.23. The molecule has 1 aliphatic carbocycles. The van der Waals surface area contributed by atoms with Crippen molar-refractivity contribution >= 4 is 11.8 Å². The number of hydrogen-bond donors (Lipinski definition) is 0. The van der Waals surface area contributed by atoms with Gasteiger partial charge in [-0.05, 0) is 30.9 Å². The zero-order valence-corrected chi connectivity index (χ0v) is 18.0. The summed E-state index contributed by atoms with van der Waals surface area (Å²) >= 11 is 0. The van der Waals surface area contributed by atoms with Gasteiger partial charge in [-0.15, -0.1) is 0 Å². The molecular formula is C27H28N2O2. The third-order valence-electron chi connectivity index (χ3n) is 6.84. The lowest BCUT2D eigenvalue weighted by Crippen LogP contribution is -2.32. The van der Waals surface area contributed by atoms with Crippen molar-refractivity contribution in [3.63, 3.8) is 0 Å². The first-order chi connectivity index (χ1) is 15.1. The van der Waals surface area contributed by atoms with Crippen molar-refractivity contribution in [3.8, 4) is 0 Å². The molecule has 2 amide bonds. The number of fused-ring (bicyclic) bond motifs is 1. The number of amides is 2. The Morgan fingerprint density at radius 2 is 1.23 bits per heavy atom. The van der Waals surface area contributed by atoms with Gasteiger partial charge in [0.2, 0.25) is 0 Å². The van der Waals surface area contributed by atoms with Gasteiger partial charge < -0.3 is 9.80 Å². The molecule has 158 valence electrons. The van der Waals surface area contributed by atoms with Crippen molar-refractivity contribution in [2.24, 2.45) is 5.92 Å². The van der Waals surface area contributed by atoms with Gasteiger partial charge in [-0.25, -0.2) is 0 Å². The molecule has 2 aromatic rings. The Bertz CT molecular complexity index is 1060. The molecule has 1 saturated carbocycles. The second-order valence-corrected chi connectivity index (χ2v) is 8.81. The number of carbonyl (C=O) groups excluding carboxylic acids is 2. The number of carbonyl (C=O) groups is 2. The SMILES string of the molecule is CC1=C2C(=O)N(Cc3ccccc3)C(C3CCCCC3)=C2C(=O)N1Cc1ccccc1. The molecule has 0 N–H and O–H groups in total. The summed E-state index contributed by atoms with van der Waals surface area (Å²) in [5.74, 6) is 0.254. The summed E-state index contributed by atoms with van der Waals surface area (Å²) in [4.78, 5) is 31.0. The third kappa shape index (κ3) is 3.50. The van der Waals surface area contributed by atoms with Crippen LogP contribution in [0.1, 0.15) is 50.2 Å². The molecule has 4 heteroatoms. The highest BCUT2D eigenvalue weighted by Crippen LogP contribution is 2.46. The van der Waals surface area contributed by atoms with Gasteiger partial charge >= 0.3 is 0 Å². The predicted molar refractivity (Wildman–Crippen MR) is 120 cm³/mol. The van der Waals surface area contributed by atoms with Crippen LogP contribution in [0.5, 0.6) is 0 Å². The predicted octanol–water partition coefficient (Wildman–Crippen LogP) is 5.18. The highest BCUT2D eigenvalue weighted by Gasteiger charge is 2.48. The second-order valence-electron chi connectivity index (χ2n) is 8.81. The molecular weight excluding hydrogens is 384 g/mol. The number of rotatable bonds is 5. The standard InChI is InChI=1S/C27H28N2O2/c1-19-23-24(27(31)28(19)17-20-11-5-2-6-12-20)25(22-15-9-4-10-16-22)29(26(23)30)18-21-13-7-3-8-14-21/h2-3,5-8,11-14,22H,4,9-10,15-18H2,1H3. The molecule has 0 bridgehead atoms. The van der Waals surface area contributed by atoms with Gasteiger partial charge in [-0.1, -0.05) is 79.9 Å². The van der Waals surface area contributed by atoms with Gasteiger partial charge in [-0.3, -0.25) is 9.59 Å². The molecule has 0 spiro atoms. The van der Waals surface area contributed by atoms with Crippen molar-refractivity contribution < 1.29 is 9.59 Å². The quantitative estimate of drug-likeness (QED) is 0.679. The van der Waals surface area contributed by atoms with Crippen molar-refractivity contribution in [2.75, 3.05) is 0 Å². The van der Waals surface area contributed by atoms with Crippen LogP contribution in [0.3, 0.4) is 0 Å². The first-order valence-corrected chi connectivity index (χ1v) is 11.3. The van der Waals surface area contributed by atoms with Crippen molar-refractivity contribution in [2.45, 2.75) is 52.1 Å². The zero-order valence-electron chi connectivity index (χ0n) is 18.0. The molecule has 4 nitrogen and oxygen atoms in total. The lowest BCUT2D eigenvalue weighted by atomic mass is 9.85. The first kappa shape index (κ1) is 19.8. The molecule has 31 heavy (non-hydrogen) atoms. The maximum absolute atomic E-state index is 13.6. The van der Waals surface area contributed by atoms with E-state index in [1.165, 1.54) is 6.42 Å². The Labute approximate surface area is 183 Å². The molecule has 2 heterocycles. The van der Waals surface area contributed by atoms with Gasteiger partial charge in [0.05, 0.1) is 24.2 Å². The van der Waals surface area contributed by atoms with E-state index in [2.05, 4.69) is 12.1 Å². The molecule has 3 aliphatic rings. The van der Waals surface area contributed by atoms with E-state index in [1.54, 1.807) is 4.90 Å². The van der Waals surface area contributed by atoms with Crippen molar-refractivity contribution in [1.29, 1.82) is 0 Å². The van der Waals surface area contributed by atoms with Crippen LogP contribution in [0.2, 0.25) is 0 Å². The Kier molecular flexibility index (Phi) is 5.23. The average molecular weight is 413 g/mol. The summed E-state index contributed by atoms with van der Waals surface area (Å²) in [5.41, 5.74) is 5.22. The minimum Gasteiger partial charge on any atom is -0.307 e. The Morgan fingerprint density at radius 3 is 1.81 bits per heavy atom. The van der Waals surface area contributed by atoms with Crippen LogP contribution in [0.15, 0.2) is 83.2 Å². The van der Waals surface area contributed by atoms with Crippen LogP contribution in [0.4, 0.5) is 0 Å². The Morgan fingerprint density at radius 1 is 0.710 bits per heavy atom. The first-order valence-electron chi connectivity index (χ1n) is 11.3. The van der Waals surface area contributed by atoms with Crippen LogP contribution in [0, 0.1) is 5.92 Å². The monoisotopic (exact) mass is 412 g/mol. The molecule has 0 saturated heterocycles. The van der Waals surface area contributed by atoms with Crippen LogP contribution in [-0.2, 0) is 22.7 Å². The van der Waals surface area contributed by atoms with Crippen LogP contribution in [-0.4, -0.2) is 21.6 Å². The van der Waals surface area contributed by atoms with Gasteiger partial charge in [0, 0.05) is 17.3 Å². The normalized spacial score (nSPS) is 19.6. The summed E-state index contributed by atoms with van der Waals surface area (Å²) in [5, 5.41) is 0. The lowest BCUT2D eigenvalue weighted by Gasteiger charge is -2.31. The van der Waals surface area contributed by atoms with E-state index in [0.717, 1.165) is 48.2 Å². The van der Waals surface area contributed by atoms with Gasteiger partial charge in [-0.2, -0.15) is 0 Å². The minimum atomic E-state index is -0.0131. The number of allylic oxidation sites excluding steroid dienone is 2. The van der Waals surface area contributed by atoms with Gasteiger partial charge in [0.15, 0.2) is 0 Å². The number of hydrogen-bond acceptors (Lipinski definition) is 2. The maximum Gasteiger partial charge on any atom is 0.261 e. The topological polar surface area (TPSA) is 40.6 Å². The van der Waals surface area contributed by atoms with E-state index < -0.39 is 0 Å². The minimum absolute atomic E-state index is 0.0131. The number of nitrogens with zero attached hydrogens (tertiary/aromatic N) is 2. The summed E-state index contributed by atoms with van der Waals surface area (Å²) < 4.78 is 0. The molecule has 2 aromatic carbocycles. The maximum atomic E-state index is 13.6. The fraction of sp³-hybridized carbons (Fsp3) is 0.333. The van der Waals surface area contributed by atoms with Crippen LogP contribution >= 0.6 is 0 Å². The Balaban J connectivity index is 1.55.